The van der Waals surface area contributed by atoms with Crippen molar-refractivity contribution in [3.05, 3.63) is 0 Å². The van der Waals surface area contributed by atoms with E-state index < -0.39 is 0 Å². The van der Waals surface area contributed by atoms with Gasteiger partial charge in [-0.15, -0.1) is 0 Å². The molecule has 0 aromatic heterocycles. The molecule has 0 bridgehead atoms. The Labute approximate surface area is 106 Å². The second kappa shape index (κ2) is 5.85. The van der Waals surface area contributed by atoms with Crippen LogP contribution in [0.1, 0.15) is 53.9 Å². The number of rotatable bonds is 4. The zero-order chi connectivity index (χ0) is 13.1. The lowest BCUT2D eigenvalue weighted by Gasteiger charge is -2.28. The Morgan fingerprint density at radius 3 is 2.65 bits per heavy atom. The molecule has 0 aromatic carbocycles. The molecular formula is C14H27NO2. The summed E-state index contributed by atoms with van der Waals surface area (Å²) in [4.78, 5) is 14.4. The van der Waals surface area contributed by atoms with Crippen LogP contribution in [-0.2, 0) is 9.53 Å². The molecule has 1 saturated heterocycles. The van der Waals surface area contributed by atoms with Crippen molar-refractivity contribution >= 4 is 5.97 Å². The van der Waals surface area contributed by atoms with Crippen LogP contribution in [0.25, 0.3) is 0 Å². The molecule has 0 spiro atoms. The first-order chi connectivity index (χ1) is 7.83. The highest BCUT2D eigenvalue weighted by Crippen LogP contribution is 2.22. The summed E-state index contributed by atoms with van der Waals surface area (Å²) >= 11 is 0. The zero-order valence-electron chi connectivity index (χ0n) is 12.0. The van der Waals surface area contributed by atoms with Crippen LogP contribution < -0.4 is 0 Å². The van der Waals surface area contributed by atoms with Gasteiger partial charge in [0.25, 0.3) is 0 Å². The molecule has 2 atom stereocenters. The molecule has 0 saturated carbocycles. The average molecular weight is 241 g/mol. The van der Waals surface area contributed by atoms with E-state index in [1.165, 1.54) is 0 Å². The number of nitrogens with zero attached hydrogens (tertiary/aromatic N) is 1. The Balaban J connectivity index is 2.54. The van der Waals surface area contributed by atoms with E-state index in [0.29, 0.717) is 5.92 Å². The average Bonchev–Trinajstić information content (AvgIpc) is 2.63. The van der Waals surface area contributed by atoms with Gasteiger partial charge in [-0.1, -0.05) is 20.3 Å². The standard InChI is InChI=1S/C14H27NO2/c1-6-11(2)10-15-9-7-8-12(15)13(16)17-14(3,4)5/h11-12H,6-10H2,1-5H3/t11?,12-/m1/s1. The highest BCUT2D eigenvalue weighted by atomic mass is 16.6. The van der Waals surface area contributed by atoms with E-state index >= 15 is 0 Å². The molecule has 1 aliphatic heterocycles. The predicted octanol–water partition coefficient (Wildman–Crippen LogP) is 2.84. The molecule has 100 valence electrons. The maximum atomic E-state index is 12.1. The number of hydrogen-bond donors (Lipinski definition) is 0. The largest absolute Gasteiger partial charge is 0.459 e. The Morgan fingerprint density at radius 1 is 1.47 bits per heavy atom. The van der Waals surface area contributed by atoms with Crippen LogP contribution in [0.2, 0.25) is 0 Å². The quantitative estimate of drug-likeness (QED) is 0.709. The van der Waals surface area contributed by atoms with Gasteiger partial charge in [0.2, 0.25) is 0 Å². The topological polar surface area (TPSA) is 29.5 Å². The van der Waals surface area contributed by atoms with E-state index in [1.807, 2.05) is 20.8 Å². The summed E-state index contributed by atoms with van der Waals surface area (Å²) in [6, 6.07) is -0.0109. The van der Waals surface area contributed by atoms with Gasteiger partial charge in [0.05, 0.1) is 0 Å². The number of esters is 1. The van der Waals surface area contributed by atoms with Crippen LogP contribution in [-0.4, -0.2) is 35.6 Å². The minimum Gasteiger partial charge on any atom is -0.459 e. The Bertz CT molecular complexity index is 257. The molecular weight excluding hydrogens is 214 g/mol. The lowest BCUT2D eigenvalue weighted by atomic mass is 10.1. The van der Waals surface area contributed by atoms with E-state index in [2.05, 4.69) is 18.7 Å². The minimum atomic E-state index is -0.373. The molecule has 1 fully saturated rings. The molecule has 3 nitrogen and oxygen atoms in total. The number of carbonyl (C=O) groups is 1. The van der Waals surface area contributed by atoms with Crippen LogP contribution >= 0.6 is 0 Å². The van der Waals surface area contributed by atoms with Crippen LogP contribution in [0.5, 0.6) is 0 Å². The van der Waals surface area contributed by atoms with Crippen molar-refractivity contribution in [2.75, 3.05) is 13.1 Å². The number of hydrogen-bond acceptors (Lipinski definition) is 3. The van der Waals surface area contributed by atoms with E-state index in [9.17, 15) is 4.79 Å². The summed E-state index contributed by atoms with van der Waals surface area (Å²) in [5.41, 5.74) is -0.373. The van der Waals surface area contributed by atoms with Crippen LogP contribution in [0, 0.1) is 5.92 Å². The first-order valence-electron chi connectivity index (χ1n) is 6.80. The number of likely N-dealkylation sites (tertiary alicyclic amines) is 1. The fourth-order valence-electron chi connectivity index (χ4n) is 2.21. The second-order valence-corrected chi connectivity index (χ2v) is 6.20. The highest BCUT2D eigenvalue weighted by Gasteiger charge is 2.34. The lowest BCUT2D eigenvalue weighted by molar-refractivity contribution is -0.160. The Morgan fingerprint density at radius 2 is 2.12 bits per heavy atom. The van der Waals surface area contributed by atoms with Gasteiger partial charge in [-0.2, -0.15) is 0 Å². The monoisotopic (exact) mass is 241 g/mol. The van der Waals surface area contributed by atoms with Crippen molar-refractivity contribution in [3.8, 4) is 0 Å². The summed E-state index contributed by atoms with van der Waals surface area (Å²) in [7, 11) is 0. The third-order valence-corrected chi connectivity index (χ3v) is 3.29. The van der Waals surface area contributed by atoms with Crippen LogP contribution in [0.15, 0.2) is 0 Å². The van der Waals surface area contributed by atoms with E-state index in [-0.39, 0.29) is 17.6 Å². The van der Waals surface area contributed by atoms with Gasteiger partial charge in [0.15, 0.2) is 0 Å². The smallest absolute Gasteiger partial charge is 0.323 e. The fraction of sp³-hybridized carbons (Fsp3) is 0.929. The van der Waals surface area contributed by atoms with Gasteiger partial charge in [0, 0.05) is 6.54 Å². The summed E-state index contributed by atoms with van der Waals surface area (Å²) in [6.45, 7) is 12.3. The van der Waals surface area contributed by atoms with Gasteiger partial charge in [-0.25, -0.2) is 0 Å². The van der Waals surface area contributed by atoms with Gasteiger partial charge in [-0.3, -0.25) is 9.69 Å². The molecule has 1 unspecified atom stereocenters. The highest BCUT2D eigenvalue weighted by molar-refractivity contribution is 5.76. The summed E-state index contributed by atoms with van der Waals surface area (Å²) < 4.78 is 5.49. The van der Waals surface area contributed by atoms with Crippen molar-refractivity contribution in [1.29, 1.82) is 0 Å². The van der Waals surface area contributed by atoms with Crippen molar-refractivity contribution < 1.29 is 9.53 Å². The van der Waals surface area contributed by atoms with E-state index in [1.54, 1.807) is 0 Å². The summed E-state index contributed by atoms with van der Waals surface area (Å²) in [6.07, 6.45) is 3.23. The molecule has 1 rings (SSSR count). The summed E-state index contributed by atoms with van der Waals surface area (Å²) in [5.74, 6) is 0.608. The predicted molar refractivity (Wildman–Crippen MR) is 69.9 cm³/mol. The maximum Gasteiger partial charge on any atom is 0.323 e. The van der Waals surface area contributed by atoms with Gasteiger partial charge in [-0.05, 0) is 46.1 Å². The van der Waals surface area contributed by atoms with Gasteiger partial charge < -0.3 is 4.74 Å². The Kier molecular flexibility index (Phi) is 4.99. The van der Waals surface area contributed by atoms with Crippen molar-refractivity contribution in [2.45, 2.75) is 65.5 Å². The first kappa shape index (κ1) is 14.5. The fourth-order valence-corrected chi connectivity index (χ4v) is 2.21. The maximum absolute atomic E-state index is 12.1. The van der Waals surface area contributed by atoms with Crippen LogP contribution in [0.4, 0.5) is 0 Å². The molecule has 0 aliphatic carbocycles. The number of ether oxygens (including phenoxy) is 1. The van der Waals surface area contributed by atoms with Crippen molar-refractivity contribution in [1.82, 2.24) is 4.90 Å². The first-order valence-corrected chi connectivity index (χ1v) is 6.80. The third kappa shape index (κ3) is 4.66. The molecule has 0 amide bonds. The summed E-state index contributed by atoms with van der Waals surface area (Å²) in [5, 5.41) is 0. The normalized spacial score (nSPS) is 23.7. The van der Waals surface area contributed by atoms with Gasteiger partial charge in [0.1, 0.15) is 11.6 Å². The SMILES string of the molecule is CCC(C)CN1CCC[C@@H]1C(=O)OC(C)(C)C. The zero-order valence-corrected chi connectivity index (χ0v) is 12.0. The van der Waals surface area contributed by atoms with Crippen molar-refractivity contribution in [2.24, 2.45) is 5.92 Å². The molecule has 3 heteroatoms. The minimum absolute atomic E-state index is 0.0109. The lowest BCUT2D eigenvalue weighted by Crippen LogP contribution is -2.42. The van der Waals surface area contributed by atoms with Crippen LogP contribution in [0.3, 0.4) is 0 Å². The molecule has 1 aliphatic rings. The van der Waals surface area contributed by atoms with Crippen molar-refractivity contribution in [3.63, 3.8) is 0 Å². The Hall–Kier alpha value is -0.570. The molecule has 1 heterocycles. The number of carbonyl (C=O) groups excluding carboxylic acids is 1. The second-order valence-electron chi connectivity index (χ2n) is 6.20. The molecule has 0 aromatic rings. The molecule has 0 radical (unpaired) electrons. The van der Waals surface area contributed by atoms with Gasteiger partial charge >= 0.3 is 5.97 Å². The molecule has 17 heavy (non-hydrogen) atoms. The molecule has 0 N–H and O–H groups in total. The van der Waals surface area contributed by atoms with E-state index in [4.69, 9.17) is 4.74 Å². The van der Waals surface area contributed by atoms with E-state index in [0.717, 1.165) is 32.4 Å². The third-order valence-electron chi connectivity index (χ3n) is 3.29.